The van der Waals surface area contributed by atoms with Crippen LogP contribution in [0.15, 0.2) is 0 Å². The maximum atomic E-state index is 11.8. The van der Waals surface area contributed by atoms with Crippen LogP contribution >= 0.6 is 69.6 Å². The Kier molecular flexibility index (Phi) is 17.9. The van der Waals surface area contributed by atoms with Gasteiger partial charge in [0.15, 0.2) is 0 Å². The summed E-state index contributed by atoms with van der Waals surface area (Å²) >= 11 is 31.4. The van der Waals surface area contributed by atoms with E-state index in [-0.39, 0.29) is 41.9 Å². The van der Waals surface area contributed by atoms with Gasteiger partial charge in [0.05, 0.1) is 31.2 Å². The molecule has 6 unspecified atom stereocenters. The molecule has 2 N–H and O–H groups in total. The van der Waals surface area contributed by atoms with Gasteiger partial charge in [0.2, 0.25) is 5.90 Å². The normalized spacial score (nSPS) is 26.6. The van der Waals surface area contributed by atoms with E-state index in [2.05, 4.69) is 6.92 Å². The Labute approximate surface area is 254 Å². The van der Waals surface area contributed by atoms with E-state index in [1.165, 1.54) is 6.07 Å². The van der Waals surface area contributed by atoms with Gasteiger partial charge in [-0.2, -0.15) is 5.26 Å². The minimum Gasteiger partial charge on any atom is -0.475 e. The van der Waals surface area contributed by atoms with Crippen molar-refractivity contribution in [2.24, 2.45) is 23.7 Å². The Balaban J connectivity index is 0.000000620. The summed E-state index contributed by atoms with van der Waals surface area (Å²) in [5.74, 6) is -0.507. The number of nitriles is 1. The zero-order valence-corrected chi connectivity index (χ0v) is 26.4. The average Bonchev–Trinajstić information content (AvgIpc) is 3.42. The molecule has 0 aromatic heterocycles. The number of nitrogens with zero attached hydrogens (tertiary/aromatic N) is 1. The second-order valence-corrected chi connectivity index (χ2v) is 13.4. The second-order valence-electron chi connectivity index (χ2n) is 8.83. The molecule has 220 valence electrons. The van der Waals surface area contributed by atoms with Crippen LogP contribution in [-0.2, 0) is 23.8 Å². The highest BCUT2D eigenvalue weighted by atomic mass is 35.6. The Morgan fingerprint density at radius 3 is 1.66 bits per heavy atom. The fraction of sp³-hybridized carbons (Fsp3) is 0.833. The molecular formula is C24H36Cl6N2O6. The number of ether oxygens (including phenoxy) is 3. The quantitative estimate of drug-likeness (QED) is 0.131. The van der Waals surface area contributed by atoms with Crippen molar-refractivity contribution < 1.29 is 28.9 Å². The summed E-state index contributed by atoms with van der Waals surface area (Å²) in [6.07, 6.45) is 3.72. The van der Waals surface area contributed by atoms with Crippen molar-refractivity contribution in [1.82, 2.24) is 0 Å². The van der Waals surface area contributed by atoms with Gasteiger partial charge >= 0.3 is 11.9 Å². The lowest BCUT2D eigenvalue weighted by atomic mass is 9.94. The first-order valence-corrected chi connectivity index (χ1v) is 14.6. The molecule has 0 heterocycles. The molecule has 0 aliphatic heterocycles. The number of halogens is 6. The van der Waals surface area contributed by atoms with Gasteiger partial charge in [0, 0.05) is 0 Å². The van der Waals surface area contributed by atoms with E-state index in [4.69, 9.17) is 94.5 Å². The van der Waals surface area contributed by atoms with Gasteiger partial charge in [-0.3, -0.25) is 15.0 Å². The van der Waals surface area contributed by atoms with Crippen molar-refractivity contribution in [3.63, 3.8) is 0 Å². The predicted octanol–water partition coefficient (Wildman–Crippen LogP) is 6.95. The monoisotopic (exact) mass is 658 g/mol. The topological polar surface area (TPSA) is 130 Å². The summed E-state index contributed by atoms with van der Waals surface area (Å²) in [6, 6.07) is 1.40. The first-order valence-electron chi connectivity index (χ1n) is 12.4. The zero-order chi connectivity index (χ0) is 29.7. The Morgan fingerprint density at radius 1 is 0.868 bits per heavy atom. The van der Waals surface area contributed by atoms with E-state index >= 15 is 0 Å². The average molecular weight is 661 g/mol. The summed E-state index contributed by atoms with van der Waals surface area (Å²) in [5.41, 5.74) is 0. The van der Waals surface area contributed by atoms with Crippen LogP contribution in [0.4, 0.5) is 0 Å². The Morgan fingerprint density at radius 2 is 1.29 bits per heavy atom. The van der Waals surface area contributed by atoms with Crippen LogP contribution in [0, 0.1) is 40.4 Å². The van der Waals surface area contributed by atoms with Crippen LogP contribution in [0.5, 0.6) is 0 Å². The molecule has 0 radical (unpaired) electrons. The predicted molar refractivity (Wildman–Crippen MR) is 151 cm³/mol. The highest BCUT2D eigenvalue weighted by Crippen LogP contribution is 2.39. The highest BCUT2D eigenvalue weighted by molar-refractivity contribution is 6.76. The van der Waals surface area contributed by atoms with Gasteiger partial charge in [0.25, 0.3) is 7.59 Å². The van der Waals surface area contributed by atoms with E-state index in [9.17, 15) is 14.7 Å². The van der Waals surface area contributed by atoms with Gasteiger partial charge in [-0.05, 0) is 51.4 Å². The molecule has 2 aliphatic rings. The molecule has 14 heteroatoms. The molecule has 38 heavy (non-hydrogen) atoms. The van der Waals surface area contributed by atoms with E-state index in [0.29, 0.717) is 38.4 Å². The maximum absolute atomic E-state index is 11.8. The molecule has 0 spiro atoms. The van der Waals surface area contributed by atoms with Crippen molar-refractivity contribution in [2.45, 2.75) is 86.0 Å². The molecule has 0 amide bonds. The number of hydrogen-bond acceptors (Lipinski definition) is 8. The molecule has 0 bridgehead atoms. The number of alkyl halides is 6. The van der Waals surface area contributed by atoms with Crippen LogP contribution in [0.3, 0.4) is 0 Å². The minimum absolute atomic E-state index is 0.0695. The van der Waals surface area contributed by atoms with Crippen molar-refractivity contribution in [2.75, 3.05) is 13.2 Å². The summed E-state index contributed by atoms with van der Waals surface area (Å²) < 4.78 is 11.8. The lowest BCUT2D eigenvalue weighted by Crippen LogP contribution is -2.26. The SMILES string of the molecule is CCOC(=O)C1CC(O)CC1CC.CCOC(=O)C1CC(OC(=N)C(Cl)(Cl)Cl)CC1CC.N#CC(Cl)(Cl)Cl. The Bertz CT molecular complexity index is 799. The number of esters is 2. The molecule has 2 aliphatic carbocycles. The number of carbonyl (C=O) groups is 2. The van der Waals surface area contributed by atoms with Crippen LogP contribution in [0.1, 0.15) is 66.2 Å². The fourth-order valence-electron chi connectivity index (χ4n) is 4.48. The largest absolute Gasteiger partial charge is 0.475 e. The Hall–Kier alpha value is -0.400. The number of rotatable bonds is 7. The van der Waals surface area contributed by atoms with Gasteiger partial charge in [-0.15, -0.1) is 0 Å². The lowest BCUT2D eigenvalue weighted by molar-refractivity contribution is -0.150. The summed E-state index contributed by atoms with van der Waals surface area (Å²) in [4.78, 5) is 23.3. The first-order chi connectivity index (χ1) is 17.5. The van der Waals surface area contributed by atoms with Crippen LogP contribution in [0.25, 0.3) is 0 Å². The molecule has 8 nitrogen and oxygen atoms in total. The third kappa shape index (κ3) is 14.3. The van der Waals surface area contributed by atoms with E-state index < -0.39 is 13.5 Å². The van der Waals surface area contributed by atoms with Crippen LogP contribution < -0.4 is 0 Å². The molecule has 0 saturated heterocycles. The maximum Gasteiger partial charge on any atom is 0.309 e. The smallest absolute Gasteiger partial charge is 0.309 e. The van der Waals surface area contributed by atoms with E-state index in [1.807, 2.05) is 13.8 Å². The zero-order valence-electron chi connectivity index (χ0n) is 21.8. The summed E-state index contributed by atoms with van der Waals surface area (Å²) in [7, 11) is 0. The van der Waals surface area contributed by atoms with Gasteiger partial charge in [-0.1, -0.05) is 96.3 Å². The number of nitrogens with one attached hydrogen (secondary N) is 1. The van der Waals surface area contributed by atoms with Crippen LogP contribution in [-0.4, -0.2) is 55.9 Å². The molecule has 2 saturated carbocycles. The lowest BCUT2D eigenvalue weighted by Gasteiger charge is -2.18. The van der Waals surface area contributed by atoms with Crippen molar-refractivity contribution in [3.05, 3.63) is 0 Å². The number of aliphatic hydroxyl groups excluding tert-OH is 1. The number of aliphatic hydroxyl groups is 1. The molecule has 0 aromatic carbocycles. The van der Waals surface area contributed by atoms with Crippen molar-refractivity contribution >= 4 is 87.4 Å². The van der Waals surface area contributed by atoms with Crippen molar-refractivity contribution in [3.8, 4) is 6.07 Å². The number of carbonyl (C=O) groups excluding carboxylic acids is 2. The third-order valence-electron chi connectivity index (χ3n) is 6.22. The second kappa shape index (κ2) is 18.1. The molecule has 2 fully saturated rings. The first kappa shape index (κ1) is 37.6. The third-order valence-corrected chi connectivity index (χ3v) is 6.99. The minimum atomic E-state index is -1.86. The molecular weight excluding hydrogens is 625 g/mol. The summed E-state index contributed by atoms with van der Waals surface area (Å²) in [5, 5.41) is 24.7. The van der Waals surface area contributed by atoms with Gasteiger partial charge < -0.3 is 19.3 Å². The van der Waals surface area contributed by atoms with Gasteiger partial charge in [-0.25, -0.2) is 0 Å². The molecule has 0 aromatic rings. The fourth-order valence-corrected chi connectivity index (χ4v) is 4.61. The van der Waals surface area contributed by atoms with Crippen molar-refractivity contribution in [1.29, 1.82) is 10.7 Å². The standard InChI is InChI=1S/C12H18Cl3NO3.C10H18O3.C2Cl3N/c1-3-7-5-8(19-11(16)12(13,14)15)6-9(7)10(17)18-4-2;1-3-7-5-8(11)6-9(7)10(12)13-4-2;3-2(4,5)1-6/h7-9,16H,3-6H2,1-2H3;7-9,11H,3-6H2,1-2H3;. The highest BCUT2D eigenvalue weighted by Gasteiger charge is 2.42. The van der Waals surface area contributed by atoms with Gasteiger partial charge in [0.1, 0.15) is 12.2 Å². The van der Waals surface area contributed by atoms with E-state index in [0.717, 1.165) is 19.3 Å². The molecule has 2 rings (SSSR count). The summed E-state index contributed by atoms with van der Waals surface area (Å²) in [6.45, 7) is 8.45. The van der Waals surface area contributed by atoms with E-state index in [1.54, 1.807) is 6.92 Å². The number of hydrogen-bond donors (Lipinski definition) is 2. The molecule has 6 atom stereocenters. The van der Waals surface area contributed by atoms with Crippen LogP contribution in [0.2, 0.25) is 0 Å².